The number of aliphatic hydroxyl groups excluding tert-OH is 3. The highest BCUT2D eigenvalue weighted by molar-refractivity contribution is 7.57. The van der Waals surface area contributed by atoms with Gasteiger partial charge in [-0.05, 0) is 27.7 Å². The summed E-state index contributed by atoms with van der Waals surface area (Å²) >= 11 is 0. The van der Waals surface area contributed by atoms with Gasteiger partial charge >= 0.3 is 25.4 Å². The first-order valence-corrected chi connectivity index (χ1v) is 22.3. The Bertz CT molecular complexity index is 1900. The lowest BCUT2D eigenvalue weighted by Gasteiger charge is -2.47. The number of carbonyl (C=O) groups excluding carboxylic acids is 4. The van der Waals surface area contributed by atoms with Gasteiger partial charge in [0, 0.05) is 39.8 Å². The summed E-state index contributed by atoms with van der Waals surface area (Å²) in [6.45, 7) is 10.9. The van der Waals surface area contributed by atoms with E-state index < -0.39 is 104 Å². The molecule has 2 aliphatic rings. The van der Waals surface area contributed by atoms with E-state index in [1.165, 1.54) is 24.7 Å². The fraction of sp³-hybridized carbons (Fsp3) is 0.763. The zero-order valence-electron chi connectivity index (χ0n) is 37.2. The maximum atomic E-state index is 15.7. The van der Waals surface area contributed by atoms with Gasteiger partial charge in [0.05, 0.1) is 59.5 Å². The molecule has 0 aliphatic carbocycles. The molecule has 64 heavy (non-hydrogen) atoms. The predicted octanol–water partition coefficient (Wildman–Crippen LogP) is -0.817. The normalized spacial score (nSPS) is 26.9. The van der Waals surface area contributed by atoms with Crippen LogP contribution in [-0.4, -0.2) is 190 Å². The number of rotatable bonds is 25. The minimum Gasteiger partial charge on any atom is -0.463 e. The minimum atomic E-state index is -4.51. The van der Waals surface area contributed by atoms with E-state index in [1.54, 1.807) is 32.4 Å². The van der Waals surface area contributed by atoms with Crippen molar-refractivity contribution >= 4 is 48.3 Å². The molecular formula is C38H62N7O18P. The van der Waals surface area contributed by atoms with Crippen molar-refractivity contribution < 1.29 is 86.2 Å². The van der Waals surface area contributed by atoms with Gasteiger partial charge < -0.3 is 73.5 Å². The first-order chi connectivity index (χ1) is 30.3. The molecule has 0 aromatic carbocycles. The van der Waals surface area contributed by atoms with Gasteiger partial charge in [-0.15, -0.1) is 0 Å². The number of imidazole rings is 1. The second kappa shape index (κ2) is 24.0. The molecule has 362 valence electrons. The largest absolute Gasteiger partial charge is 0.463 e. The van der Waals surface area contributed by atoms with Crippen molar-refractivity contribution in [3.63, 3.8) is 0 Å². The molecule has 0 saturated carbocycles. The van der Waals surface area contributed by atoms with Crippen LogP contribution < -0.4 is 11.1 Å². The second-order valence-electron chi connectivity index (χ2n) is 15.3. The molecule has 4 rings (SSSR count). The molecule has 1 unspecified atom stereocenters. The number of nitrogen functional groups attached to an aromatic ring is 1. The maximum absolute atomic E-state index is 15.7. The summed E-state index contributed by atoms with van der Waals surface area (Å²) in [5, 5.41) is 35.6. The summed E-state index contributed by atoms with van der Waals surface area (Å²) in [4.78, 5) is 60.2. The highest BCUT2D eigenvalue weighted by Gasteiger charge is 2.69. The molecule has 2 aliphatic heterocycles. The van der Waals surface area contributed by atoms with Crippen molar-refractivity contribution in [2.24, 2.45) is 0 Å². The average Bonchev–Trinajstić information content (AvgIpc) is 3.76. The SMILES string of the molecule is CC(=O)N[C@H]1[C@H](OCCOCCOCCOCCOP(=O)(N(C(C)C)C(C)C)[C@@]2(n3cnc4c(N)ncnc43)O[C@H](CO)[C@@H](O)[C@H]2O)O[C@H](COC(C)=O)[C@H](OC(C)=O)[C@@H]1OC(C)=O. The Morgan fingerprint density at radius 1 is 0.859 bits per heavy atom. The number of nitrogens with zero attached hydrogens (tertiary/aromatic N) is 5. The van der Waals surface area contributed by atoms with E-state index in [0.29, 0.717) is 0 Å². The van der Waals surface area contributed by atoms with Crippen LogP contribution in [0.2, 0.25) is 0 Å². The van der Waals surface area contributed by atoms with Crippen molar-refractivity contribution in [2.45, 2.75) is 122 Å². The predicted molar refractivity (Wildman–Crippen MR) is 220 cm³/mol. The third-order valence-corrected chi connectivity index (χ3v) is 13.3. The molecule has 26 heteroatoms. The van der Waals surface area contributed by atoms with Gasteiger partial charge in [0.15, 0.2) is 30.0 Å². The van der Waals surface area contributed by atoms with Gasteiger partial charge in [0.25, 0.3) is 5.47 Å². The van der Waals surface area contributed by atoms with E-state index in [1.807, 2.05) is 0 Å². The van der Waals surface area contributed by atoms with Gasteiger partial charge in [0.2, 0.25) is 5.91 Å². The first kappa shape index (κ1) is 52.6. The van der Waals surface area contributed by atoms with E-state index in [9.17, 15) is 34.5 Å². The van der Waals surface area contributed by atoms with E-state index in [-0.39, 0.29) is 76.4 Å². The Balaban J connectivity index is 1.31. The number of aliphatic hydroxyl groups is 3. The summed E-state index contributed by atoms with van der Waals surface area (Å²) in [5.74, 6) is -2.61. The molecule has 25 nitrogen and oxygen atoms in total. The monoisotopic (exact) mass is 935 g/mol. The standard InChI is InChI=1S/C38H62N7O18P/c1-21(2)45(22(3)4)64(53,38(34(52)31(51)27(17-46)63-38)44-20-42-30-35(39)40-19-41-36(30)44)59-16-14-56-12-10-54-9-11-55-13-15-57-37-29(43-23(5)47)33(61-26(8)50)32(60-25(7)49)28(62-37)18-58-24(6)48/h19-22,27-29,31-34,37,46,51-52H,9-18H2,1-8H3,(H,43,47)(H2,39,40,41)/t27-,28-,29-,31-,32+,33-,34-,37-,38+,64?/m1/s1. The quantitative estimate of drug-likeness (QED) is 0.0352. The molecule has 0 bridgehead atoms. The van der Waals surface area contributed by atoms with E-state index >= 15 is 4.57 Å². The average molecular weight is 936 g/mol. The zero-order valence-corrected chi connectivity index (χ0v) is 38.1. The second-order valence-corrected chi connectivity index (χ2v) is 17.7. The van der Waals surface area contributed by atoms with E-state index in [4.69, 9.17) is 52.9 Å². The lowest BCUT2D eigenvalue weighted by molar-refractivity contribution is -0.279. The van der Waals surface area contributed by atoms with Crippen LogP contribution in [0, 0.1) is 0 Å². The molecule has 2 fully saturated rings. The van der Waals surface area contributed by atoms with Crippen molar-refractivity contribution in [2.75, 3.05) is 71.8 Å². The Morgan fingerprint density at radius 3 is 1.97 bits per heavy atom. The topological polar surface area (TPSA) is 323 Å². The third kappa shape index (κ3) is 12.5. The molecular weight excluding hydrogens is 873 g/mol. The molecule has 0 spiro atoms. The number of nitrogens with two attached hydrogens (primary N) is 1. The number of amides is 1. The number of anilines is 1. The van der Waals surface area contributed by atoms with Crippen molar-refractivity contribution in [1.82, 2.24) is 29.5 Å². The fourth-order valence-corrected chi connectivity index (χ4v) is 10.9. The van der Waals surface area contributed by atoms with Gasteiger partial charge in [-0.1, -0.05) is 0 Å². The van der Waals surface area contributed by atoms with Gasteiger partial charge in [-0.3, -0.25) is 28.3 Å². The fourth-order valence-electron chi connectivity index (χ4n) is 7.54. The Hall–Kier alpha value is -3.98. The molecule has 2 aromatic heterocycles. The molecule has 0 radical (unpaired) electrons. The number of ether oxygens (including phenoxy) is 9. The van der Waals surface area contributed by atoms with Crippen LogP contribution in [0.3, 0.4) is 0 Å². The van der Waals surface area contributed by atoms with Crippen LogP contribution in [0.5, 0.6) is 0 Å². The van der Waals surface area contributed by atoms with Gasteiger partial charge in [-0.2, -0.15) is 0 Å². The zero-order chi connectivity index (χ0) is 47.4. The number of nitrogens with one attached hydrogen (secondary N) is 1. The highest BCUT2D eigenvalue weighted by Crippen LogP contribution is 2.70. The summed E-state index contributed by atoms with van der Waals surface area (Å²) < 4.78 is 75.6. The van der Waals surface area contributed by atoms with Gasteiger partial charge in [0.1, 0.15) is 55.2 Å². The molecule has 4 heterocycles. The lowest BCUT2D eigenvalue weighted by Crippen LogP contribution is -2.66. The number of aromatic nitrogens is 4. The third-order valence-electron chi connectivity index (χ3n) is 9.89. The molecule has 1 amide bonds. The van der Waals surface area contributed by atoms with Crippen LogP contribution >= 0.6 is 7.52 Å². The van der Waals surface area contributed by atoms with E-state index in [0.717, 1.165) is 20.2 Å². The Morgan fingerprint density at radius 2 is 1.44 bits per heavy atom. The highest BCUT2D eigenvalue weighted by atomic mass is 31.2. The number of esters is 3. The smallest absolute Gasteiger partial charge is 0.328 e. The summed E-state index contributed by atoms with van der Waals surface area (Å²) in [5.41, 5.74) is 3.86. The molecule has 2 saturated heterocycles. The minimum absolute atomic E-state index is 0.00719. The van der Waals surface area contributed by atoms with Gasteiger partial charge in [-0.25, -0.2) is 19.6 Å². The van der Waals surface area contributed by atoms with E-state index in [2.05, 4.69) is 20.3 Å². The number of fused-ring (bicyclic) bond motifs is 1. The lowest BCUT2D eigenvalue weighted by atomic mass is 9.96. The van der Waals surface area contributed by atoms with Crippen LogP contribution in [0.25, 0.3) is 11.2 Å². The maximum Gasteiger partial charge on any atom is 0.328 e. The number of hydrogen-bond acceptors (Lipinski definition) is 22. The van der Waals surface area contributed by atoms with Crippen molar-refractivity contribution in [3.05, 3.63) is 12.7 Å². The first-order valence-electron chi connectivity index (χ1n) is 20.7. The van der Waals surface area contributed by atoms with Crippen LogP contribution in [-0.2, 0) is 76.4 Å². The van der Waals surface area contributed by atoms with Crippen LogP contribution in [0.1, 0.15) is 55.4 Å². The summed E-state index contributed by atoms with van der Waals surface area (Å²) in [6.07, 6.45) is -7.43. The number of hydrogen-bond donors (Lipinski definition) is 5. The summed E-state index contributed by atoms with van der Waals surface area (Å²) in [6, 6.07) is -2.02. The summed E-state index contributed by atoms with van der Waals surface area (Å²) in [7, 11) is -4.51. The van der Waals surface area contributed by atoms with Crippen LogP contribution in [0.15, 0.2) is 12.7 Å². The Kier molecular flexibility index (Phi) is 19.7. The van der Waals surface area contributed by atoms with Crippen molar-refractivity contribution in [1.29, 1.82) is 0 Å². The molecule has 10 atom stereocenters. The Labute approximate surface area is 369 Å². The molecule has 6 N–H and O–H groups in total. The van der Waals surface area contributed by atoms with Crippen LogP contribution in [0.4, 0.5) is 5.82 Å². The van der Waals surface area contributed by atoms with Crippen molar-refractivity contribution in [3.8, 4) is 0 Å². The number of carbonyl (C=O) groups is 4. The molecule has 2 aromatic rings.